The van der Waals surface area contributed by atoms with E-state index in [1.54, 1.807) is 6.07 Å². The van der Waals surface area contributed by atoms with Gasteiger partial charge in [-0.15, -0.1) is 0 Å². The van der Waals surface area contributed by atoms with E-state index in [0.29, 0.717) is 30.2 Å². The average Bonchev–Trinajstić information content (AvgIpc) is 2.99. The average molecular weight is 237 g/mol. The van der Waals surface area contributed by atoms with Crippen LogP contribution in [0.1, 0.15) is 21.9 Å². The Labute approximate surface area is 96.8 Å². The van der Waals surface area contributed by atoms with Gasteiger partial charge in [-0.05, 0) is 6.07 Å². The molecule has 0 aromatic carbocycles. The number of hydrogen-bond donors (Lipinski definition) is 1. The first-order valence-electron chi connectivity index (χ1n) is 4.91. The lowest BCUT2D eigenvalue weighted by Crippen LogP contribution is -2.13. The number of carbonyl (C=O) groups is 1. The highest BCUT2D eigenvalue weighted by Gasteiger charge is 2.09. The number of aromatic nitrogens is 2. The number of rotatable bonds is 5. The third kappa shape index (κ3) is 2.91. The smallest absolute Gasteiger partial charge is 0.341 e. The van der Waals surface area contributed by atoms with Gasteiger partial charge in [-0.2, -0.15) is 4.98 Å². The predicted octanol–water partition coefficient (Wildman–Crippen LogP) is 0.739. The fraction of sp³-hybridized carbons (Fsp3) is 0.300. The summed E-state index contributed by atoms with van der Waals surface area (Å²) in [7, 11) is 1.32. The quantitative estimate of drug-likeness (QED) is 0.767. The molecule has 7 nitrogen and oxygen atoms in total. The normalized spacial score (nSPS) is 10.4. The van der Waals surface area contributed by atoms with E-state index in [0.717, 1.165) is 0 Å². The van der Waals surface area contributed by atoms with Crippen molar-refractivity contribution in [2.24, 2.45) is 0 Å². The van der Waals surface area contributed by atoms with Crippen LogP contribution in [-0.4, -0.2) is 23.2 Å². The van der Waals surface area contributed by atoms with Crippen LogP contribution in [0, 0.1) is 0 Å². The molecule has 2 heterocycles. The Morgan fingerprint density at radius 1 is 1.53 bits per heavy atom. The topological polar surface area (TPSA) is 90.4 Å². The fourth-order valence-corrected chi connectivity index (χ4v) is 1.27. The van der Waals surface area contributed by atoms with E-state index in [4.69, 9.17) is 4.42 Å². The molecule has 0 saturated heterocycles. The molecule has 0 amide bonds. The number of furan rings is 1. The van der Waals surface area contributed by atoms with Gasteiger partial charge in [0.1, 0.15) is 12.0 Å². The Morgan fingerprint density at radius 3 is 3.12 bits per heavy atom. The van der Waals surface area contributed by atoms with Crippen LogP contribution in [0.2, 0.25) is 0 Å². The summed E-state index contributed by atoms with van der Waals surface area (Å²) in [6.07, 6.45) is 2.62. The van der Waals surface area contributed by atoms with Crippen molar-refractivity contribution in [1.82, 2.24) is 15.5 Å². The summed E-state index contributed by atoms with van der Waals surface area (Å²) in [4.78, 5) is 15.0. The molecular weight excluding hydrogens is 226 g/mol. The number of esters is 1. The summed E-state index contributed by atoms with van der Waals surface area (Å²) < 4.78 is 14.3. The molecule has 0 fully saturated rings. The van der Waals surface area contributed by atoms with Crippen molar-refractivity contribution in [2.45, 2.75) is 13.1 Å². The second-order valence-corrected chi connectivity index (χ2v) is 3.24. The number of nitrogens with one attached hydrogen (secondary N) is 1. The van der Waals surface area contributed by atoms with E-state index in [2.05, 4.69) is 24.7 Å². The minimum absolute atomic E-state index is 0.392. The lowest BCUT2D eigenvalue weighted by molar-refractivity contribution is 0.0600. The largest absolute Gasteiger partial charge is 0.467 e. The van der Waals surface area contributed by atoms with Gasteiger partial charge < -0.3 is 19.0 Å². The van der Waals surface area contributed by atoms with Gasteiger partial charge in [0.2, 0.25) is 6.39 Å². The zero-order valence-electron chi connectivity index (χ0n) is 9.17. The van der Waals surface area contributed by atoms with Crippen LogP contribution in [0.15, 0.2) is 27.7 Å². The first kappa shape index (κ1) is 11.3. The van der Waals surface area contributed by atoms with E-state index in [1.165, 1.54) is 19.8 Å². The van der Waals surface area contributed by atoms with E-state index < -0.39 is 5.97 Å². The number of nitrogens with zero attached hydrogens (tertiary/aromatic N) is 2. The highest BCUT2D eigenvalue weighted by Crippen LogP contribution is 2.08. The van der Waals surface area contributed by atoms with E-state index in [-0.39, 0.29) is 0 Å². The third-order valence-electron chi connectivity index (χ3n) is 2.06. The first-order valence-corrected chi connectivity index (χ1v) is 4.91. The zero-order valence-corrected chi connectivity index (χ0v) is 9.17. The minimum atomic E-state index is -0.418. The Bertz CT molecular complexity index is 477. The lowest BCUT2D eigenvalue weighted by Gasteiger charge is -1.97. The molecule has 2 aromatic heterocycles. The number of ether oxygens (including phenoxy) is 1. The highest BCUT2D eigenvalue weighted by atomic mass is 16.5. The van der Waals surface area contributed by atoms with E-state index in [9.17, 15) is 4.79 Å². The molecule has 0 unspecified atom stereocenters. The Kier molecular flexibility index (Phi) is 3.51. The minimum Gasteiger partial charge on any atom is -0.467 e. The van der Waals surface area contributed by atoms with E-state index in [1.807, 2.05) is 0 Å². The van der Waals surface area contributed by atoms with Gasteiger partial charge in [-0.3, -0.25) is 0 Å². The molecule has 2 rings (SSSR count). The van der Waals surface area contributed by atoms with Gasteiger partial charge in [0, 0.05) is 0 Å². The predicted molar refractivity (Wildman–Crippen MR) is 54.9 cm³/mol. The van der Waals surface area contributed by atoms with Crippen LogP contribution < -0.4 is 5.32 Å². The van der Waals surface area contributed by atoms with Gasteiger partial charge in [0.05, 0.1) is 25.8 Å². The fourth-order valence-electron chi connectivity index (χ4n) is 1.27. The third-order valence-corrected chi connectivity index (χ3v) is 2.06. The molecule has 0 bridgehead atoms. The Morgan fingerprint density at radius 2 is 2.41 bits per heavy atom. The van der Waals surface area contributed by atoms with Crippen molar-refractivity contribution in [3.05, 3.63) is 35.9 Å². The summed E-state index contributed by atoms with van der Waals surface area (Å²) in [5.41, 5.74) is 0.392. The first-order chi connectivity index (χ1) is 8.29. The van der Waals surface area contributed by atoms with Crippen molar-refractivity contribution in [3.8, 4) is 0 Å². The molecule has 1 N–H and O–H groups in total. The molecule has 0 atom stereocenters. The molecule has 0 saturated carbocycles. The zero-order chi connectivity index (χ0) is 12.1. The SMILES string of the molecule is COC(=O)c1coc(CNCc2ncon2)c1. The standard InChI is InChI=1S/C10H11N3O4/c1-15-10(14)7-2-8(16-5-7)3-11-4-9-12-6-17-13-9/h2,5-6,11H,3-4H2,1H3. The number of methoxy groups -OCH3 is 1. The highest BCUT2D eigenvalue weighted by molar-refractivity contribution is 5.88. The van der Waals surface area contributed by atoms with E-state index >= 15 is 0 Å². The summed E-state index contributed by atoms with van der Waals surface area (Å²) >= 11 is 0. The van der Waals surface area contributed by atoms with Crippen LogP contribution >= 0.6 is 0 Å². The number of carbonyl (C=O) groups excluding carboxylic acids is 1. The van der Waals surface area contributed by atoms with Gasteiger partial charge in [-0.25, -0.2) is 4.79 Å². The molecule has 0 spiro atoms. The van der Waals surface area contributed by atoms with Crippen LogP contribution in [-0.2, 0) is 17.8 Å². The van der Waals surface area contributed by atoms with Gasteiger partial charge in [0.15, 0.2) is 5.82 Å². The molecule has 90 valence electrons. The molecule has 0 radical (unpaired) electrons. The van der Waals surface area contributed by atoms with Crippen LogP contribution in [0.25, 0.3) is 0 Å². The van der Waals surface area contributed by atoms with Gasteiger partial charge in [-0.1, -0.05) is 5.16 Å². The van der Waals surface area contributed by atoms with Crippen molar-refractivity contribution in [3.63, 3.8) is 0 Å². The van der Waals surface area contributed by atoms with Crippen LogP contribution in [0.4, 0.5) is 0 Å². The van der Waals surface area contributed by atoms with Crippen molar-refractivity contribution in [2.75, 3.05) is 7.11 Å². The number of hydrogen-bond acceptors (Lipinski definition) is 7. The van der Waals surface area contributed by atoms with Gasteiger partial charge in [0.25, 0.3) is 0 Å². The molecule has 2 aromatic rings. The van der Waals surface area contributed by atoms with Crippen molar-refractivity contribution >= 4 is 5.97 Å². The molecule has 0 aliphatic heterocycles. The maximum absolute atomic E-state index is 11.2. The Hall–Kier alpha value is -2.15. The summed E-state index contributed by atoms with van der Waals surface area (Å²) in [5.74, 6) is 0.775. The second-order valence-electron chi connectivity index (χ2n) is 3.24. The summed E-state index contributed by atoms with van der Waals surface area (Å²) in [5, 5.41) is 6.68. The lowest BCUT2D eigenvalue weighted by atomic mass is 10.3. The molecule has 7 heteroatoms. The Balaban J connectivity index is 1.83. The maximum Gasteiger partial charge on any atom is 0.341 e. The summed E-state index contributed by atoms with van der Waals surface area (Å²) in [6, 6.07) is 1.62. The molecule has 17 heavy (non-hydrogen) atoms. The van der Waals surface area contributed by atoms with Crippen LogP contribution in [0.5, 0.6) is 0 Å². The van der Waals surface area contributed by atoms with Gasteiger partial charge >= 0.3 is 5.97 Å². The monoisotopic (exact) mass is 237 g/mol. The molecule has 0 aliphatic rings. The van der Waals surface area contributed by atoms with Crippen molar-refractivity contribution in [1.29, 1.82) is 0 Å². The summed E-state index contributed by atoms with van der Waals surface area (Å²) in [6.45, 7) is 0.927. The second kappa shape index (κ2) is 5.26. The molecule has 0 aliphatic carbocycles. The van der Waals surface area contributed by atoms with Crippen LogP contribution in [0.3, 0.4) is 0 Å². The maximum atomic E-state index is 11.2. The molecular formula is C10H11N3O4. The van der Waals surface area contributed by atoms with Crippen molar-refractivity contribution < 1.29 is 18.5 Å².